The third-order valence-electron chi connectivity index (χ3n) is 2.90. The number of nitrogens with zero attached hydrogens (tertiary/aromatic N) is 1. The minimum Gasteiger partial charge on any atom is -0.465 e. The Morgan fingerprint density at radius 2 is 1.71 bits per heavy atom. The van der Waals surface area contributed by atoms with Crippen molar-refractivity contribution in [2.45, 2.75) is 0 Å². The van der Waals surface area contributed by atoms with Gasteiger partial charge in [0.2, 0.25) is 0 Å². The van der Waals surface area contributed by atoms with Gasteiger partial charge in [-0.15, -0.1) is 0 Å². The van der Waals surface area contributed by atoms with Crippen LogP contribution in [0.2, 0.25) is 0 Å². The Hall–Kier alpha value is -3.02. The third-order valence-corrected chi connectivity index (χ3v) is 2.90. The molecular formula is C15H11NO5. The van der Waals surface area contributed by atoms with Crippen LogP contribution in [0.15, 0.2) is 48.5 Å². The second-order valence-corrected chi connectivity index (χ2v) is 4.17. The largest absolute Gasteiger partial charge is 0.465 e. The van der Waals surface area contributed by atoms with Crippen molar-refractivity contribution in [3.63, 3.8) is 0 Å². The van der Waals surface area contributed by atoms with E-state index in [1.54, 1.807) is 30.3 Å². The smallest absolute Gasteiger partial charge is 0.338 e. The highest BCUT2D eigenvalue weighted by molar-refractivity contribution is 6.14. The fourth-order valence-electron chi connectivity index (χ4n) is 1.87. The molecule has 0 heterocycles. The fourth-order valence-corrected chi connectivity index (χ4v) is 1.87. The molecule has 0 radical (unpaired) electrons. The van der Waals surface area contributed by atoms with Gasteiger partial charge in [-0.05, 0) is 6.07 Å². The van der Waals surface area contributed by atoms with Gasteiger partial charge in [0.25, 0.3) is 5.69 Å². The Morgan fingerprint density at radius 3 is 2.29 bits per heavy atom. The van der Waals surface area contributed by atoms with Crippen molar-refractivity contribution in [3.8, 4) is 0 Å². The summed E-state index contributed by atoms with van der Waals surface area (Å²) in [4.78, 5) is 34.3. The zero-order valence-electron chi connectivity index (χ0n) is 11.1. The number of methoxy groups -OCH3 is 1. The highest BCUT2D eigenvalue weighted by Gasteiger charge is 2.22. The van der Waals surface area contributed by atoms with E-state index in [2.05, 4.69) is 4.74 Å². The van der Waals surface area contributed by atoms with E-state index in [4.69, 9.17) is 0 Å². The summed E-state index contributed by atoms with van der Waals surface area (Å²) in [7, 11) is 1.15. The van der Waals surface area contributed by atoms with Crippen LogP contribution in [0.1, 0.15) is 26.3 Å². The van der Waals surface area contributed by atoms with Gasteiger partial charge in [-0.2, -0.15) is 0 Å². The van der Waals surface area contributed by atoms with Crippen LogP contribution < -0.4 is 0 Å². The number of ketones is 1. The van der Waals surface area contributed by atoms with Crippen molar-refractivity contribution < 1.29 is 19.2 Å². The second-order valence-electron chi connectivity index (χ2n) is 4.17. The molecule has 21 heavy (non-hydrogen) atoms. The molecule has 0 aliphatic rings. The third kappa shape index (κ3) is 2.94. The van der Waals surface area contributed by atoms with E-state index in [0.717, 1.165) is 13.2 Å². The van der Waals surface area contributed by atoms with E-state index in [0.29, 0.717) is 5.56 Å². The number of rotatable bonds is 4. The molecule has 0 bridgehead atoms. The van der Waals surface area contributed by atoms with Crippen LogP contribution in [-0.4, -0.2) is 23.8 Å². The summed E-state index contributed by atoms with van der Waals surface area (Å²) in [6.45, 7) is 0. The normalized spacial score (nSPS) is 9.95. The van der Waals surface area contributed by atoms with E-state index in [1.165, 1.54) is 12.1 Å². The first-order chi connectivity index (χ1) is 10.0. The van der Waals surface area contributed by atoms with Crippen LogP contribution in [0.4, 0.5) is 5.69 Å². The lowest BCUT2D eigenvalue weighted by molar-refractivity contribution is -0.384. The topological polar surface area (TPSA) is 86.5 Å². The van der Waals surface area contributed by atoms with Crippen molar-refractivity contribution in [1.29, 1.82) is 0 Å². The molecule has 2 aromatic rings. The molecule has 0 spiro atoms. The molecule has 0 saturated carbocycles. The minimum absolute atomic E-state index is 0.0682. The second kappa shape index (κ2) is 5.96. The van der Waals surface area contributed by atoms with Crippen molar-refractivity contribution in [2.24, 2.45) is 0 Å². The first-order valence-electron chi connectivity index (χ1n) is 6.01. The van der Waals surface area contributed by atoms with Gasteiger partial charge in [0, 0.05) is 23.3 Å². The molecule has 2 aromatic carbocycles. The van der Waals surface area contributed by atoms with Crippen molar-refractivity contribution in [1.82, 2.24) is 0 Å². The van der Waals surface area contributed by atoms with E-state index < -0.39 is 16.7 Å². The minimum atomic E-state index is -0.794. The number of hydrogen-bond donors (Lipinski definition) is 0. The van der Waals surface area contributed by atoms with Crippen molar-refractivity contribution >= 4 is 17.4 Å². The Balaban J connectivity index is 2.55. The van der Waals surface area contributed by atoms with Gasteiger partial charge in [-0.25, -0.2) is 4.79 Å². The zero-order valence-corrected chi connectivity index (χ0v) is 11.1. The Kier molecular flexibility index (Phi) is 4.08. The van der Waals surface area contributed by atoms with Gasteiger partial charge in [-0.1, -0.05) is 30.3 Å². The number of ether oxygens (including phenoxy) is 1. The first kappa shape index (κ1) is 14.4. The average molecular weight is 285 g/mol. The fraction of sp³-hybridized carbons (Fsp3) is 0.0667. The molecule has 0 unspecified atom stereocenters. The van der Waals surface area contributed by atoms with Gasteiger partial charge in [0.05, 0.1) is 17.6 Å². The van der Waals surface area contributed by atoms with E-state index in [-0.39, 0.29) is 16.8 Å². The molecule has 0 fully saturated rings. The lowest BCUT2D eigenvalue weighted by Crippen LogP contribution is -2.12. The summed E-state index contributed by atoms with van der Waals surface area (Å²) in [6.07, 6.45) is 0. The summed E-state index contributed by atoms with van der Waals surface area (Å²) in [5, 5.41) is 10.8. The maximum absolute atomic E-state index is 12.4. The Bertz CT molecular complexity index is 709. The number of nitro benzene ring substituents is 1. The number of esters is 1. The molecule has 6 nitrogen and oxygen atoms in total. The van der Waals surface area contributed by atoms with Crippen LogP contribution in [0, 0.1) is 10.1 Å². The molecule has 2 rings (SSSR count). The molecule has 6 heteroatoms. The molecule has 0 amide bonds. The van der Waals surface area contributed by atoms with Crippen LogP contribution in [-0.2, 0) is 4.74 Å². The number of carbonyl (C=O) groups excluding carboxylic acids is 2. The van der Waals surface area contributed by atoms with Crippen LogP contribution in [0.3, 0.4) is 0 Å². The SMILES string of the molecule is COC(=O)c1cc([N+](=O)[O-])ccc1C(=O)c1ccccc1. The van der Waals surface area contributed by atoms with Crippen molar-refractivity contribution in [3.05, 3.63) is 75.3 Å². The molecule has 0 aliphatic heterocycles. The predicted molar refractivity (Wildman–Crippen MR) is 74.3 cm³/mol. The lowest BCUT2D eigenvalue weighted by atomic mass is 9.98. The number of hydrogen-bond acceptors (Lipinski definition) is 5. The quantitative estimate of drug-likeness (QED) is 0.373. The van der Waals surface area contributed by atoms with Gasteiger partial charge in [0.1, 0.15) is 0 Å². The molecule has 0 N–H and O–H groups in total. The number of benzene rings is 2. The summed E-state index contributed by atoms with van der Waals surface area (Å²) in [5.74, 6) is -1.19. The van der Waals surface area contributed by atoms with Crippen molar-refractivity contribution in [2.75, 3.05) is 7.11 Å². The average Bonchev–Trinajstić information content (AvgIpc) is 2.53. The number of non-ortho nitro benzene ring substituents is 1. The zero-order chi connectivity index (χ0) is 15.4. The highest BCUT2D eigenvalue weighted by atomic mass is 16.6. The summed E-state index contributed by atoms with van der Waals surface area (Å²) in [5.41, 5.74) is 0.0516. The molecular weight excluding hydrogens is 274 g/mol. The van der Waals surface area contributed by atoms with E-state index >= 15 is 0 Å². The predicted octanol–water partition coefficient (Wildman–Crippen LogP) is 2.61. The van der Waals surface area contributed by atoms with Crippen LogP contribution >= 0.6 is 0 Å². The van der Waals surface area contributed by atoms with Gasteiger partial charge < -0.3 is 4.74 Å². The summed E-state index contributed by atoms with van der Waals surface area (Å²) >= 11 is 0. The maximum atomic E-state index is 12.4. The van der Waals surface area contributed by atoms with Gasteiger partial charge >= 0.3 is 5.97 Å². The molecule has 0 saturated heterocycles. The number of nitro groups is 1. The summed E-state index contributed by atoms with van der Waals surface area (Å²) < 4.78 is 4.58. The standard InChI is InChI=1S/C15H11NO5/c1-21-15(18)13-9-11(16(19)20)7-8-12(13)14(17)10-5-3-2-4-6-10/h2-9H,1H3. The molecule has 0 atom stereocenters. The highest BCUT2D eigenvalue weighted by Crippen LogP contribution is 2.21. The first-order valence-corrected chi connectivity index (χ1v) is 6.01. The molecule has 0 aromatic heterocycles. The Morgan fingerprint density at radius 1 is 1.05 bits per heavy atom. The molecule has 106 valence electrons. The van der Waals surface area contributed by atoms with Crippen LogP contribution in [0.5, 0.6) is 0 Å². The van der Waals surface area contributed by atoms with Crippen LogP contribution in [0.25, 0.3) is 0 Å². The maximum Gasteiger partial charge on any atom is 0.338 e. The monoisotopic (exact) mass is 285 g/mol. The summed E-state index contributed by atoms with van der Waals surface area (Å²) in [6, 6.07) is 11.8. The molecule has 0 aliphatic carbocycles. The van der Waals surface area contributed by atoms with Gasteiger partial charge in [0.15, 0.2) is 5.78 Å². The Labute approximate surface area is 120 Å². The lowest BCUT2D eigenvalue weighted by Gasteiger charge is -2.07. The van der Waals surface area contributed by atoms with Gasteiger partial charge in [-0.3, -0.25) is 14.9 Å². The van der Waals surface area contributed by atoms with E-state index in [9.17, 15) is 19.7 Å². The van der Waals surface area contributed by atoms with E-state index in [1.807, 2.05) is 0 Å². The number of carbonyl (C=O) groups is 2.